The maximum Gasteiger partial charge on any atom is 0.0690 e. The van der Waals surface area contributed by atoms with Crippen molar-refractivity contribution in [1.29, 1.82) is 5.26 Å². The minimum absolute atomic E-state index is 0.166. The van der Waals surface area contributed by atoms with Crippen LogP contribution in [0, 0.1) is 33.5 Å². The summed E-state index contributed by atoms with van der Waals surface area (Å²) in [4.78, 5) is 0. The number of hydrogen-bond acceptors (Lipinski definition) is 1. The fourth-order valence-corrected chi connectivity index (χ4v) is 5.33. The molecule has 2 unspecified atom stereocenters. The summed E-state index contributed by atoms with van der Waals surface area (Å²) in [5.74, 6) is 0.945. The Hall–Kier alpha value is -0.510. The summed E-state index contributed by atoms with van der Waals surface area (Å²) >= 11 is 0. The molecule has 0 radical (unpaired) electrons. The second-order valence-corrected chi connectivity index (χ2v) is 5.96. The highest BCUT2D eigenvalue weighted by Crippen LogP contribution is 2.89. The van der Waals surface area contributed by atoms with Crippen molar-refractivity contribution >= 4 is 0 Å². The van der Waals surface area contributed by atoms with Crippen molar-refractivity contribution in [3.63, 3.8) is 0 Å². The fourth-order valence-electron chi connectivity index (χ4n) is 5.33. The molecule has 5 rings (SSSR count). The van der Waals surface area contributed by atoms with Crippen LogP contribution in [0.15, 0.2) is 0 Å². The van der Waals surface area contributed by atoms with Crippen LogP contribution < -0.4 is 0 Å². The zero-order valence-electron chi connectivity index (χ0n) is 7.27. The Morgan fingerprint density at radius 2 is 1.67 bits per heavy atom. The van der Waals surface area contributed by atoms with Gasteiger partial charge in [-0.3, -0.25) is 0 Å². The number of hydrogen-bond donors (Lipinski definition) is 0. The maximum absolute atomic E-state index is 9.19. The summed E-state index contributed by atoms with van der Waals surface area (Å²) < 4.78 is 0. The highest BCUT2D eigenvalue weighted by atomic mass is 14.8. The normalized spacial score (nSPS) is 69.4. The van der Waals surface area contributed by atoms with Gasteiger partial charge in [0, 0.05) is 0 Å². The van der Waals surface area contributed by atoms with E-state index in [0.29, 0.717) is 10.8 Å². The van der Waals surface area contributed by atoms with E-state index >= 15 is 0 Å². The Bertz CT molecular complexity index is 306. The average molecular weight is 159 g/mol. The van der Waals surface area contributed by atoms with Crippen molar-refractivity contribution in [2.24, 2.45) is 22.2 Å². The van der Waals surface area contributed by atoms with E-state index in [1.807, 2.05) is 0 Å². The summed E-state index contributed by atoms with van der Waals surface area (Å²) in [7, 11) is 0. The molecule has 0 aromatic heterocycles. The Morgan fingerprint density at radius 1 is 1.00 bits per heavy atom. The number of rotatable bonds is 0. The van der Waals surface area contributed by atoms with E-state index in [9.17, 15) is 5.26 Å². The molecule has 4 atom stereocenters. The summed E-state index contributed by atoms with van der Waals surface area (Å²) in [5, 5.41) is 9.19. The lowest BCUT2D eigenvalue weighted by Gasteiger charge is -2.38. The van der Waals surface area contributed by atoms with Crippen molar-refractivity contribution in [3.8, 4) is 6.07 Å². The molecular weight excluding hydrogens is 146 g/mol. The first kappa shape index (κ1) is 6.02. The van der Waals surface area contributed by atoms with Gasteiger partial charge in [0.25, 0.3) is 0 Å². The third-order valence-electron chi connectivity index (χ3n) is 5.31. The molecule has 1 nitrogen and oxygen atoms in total. The predicted octanol–water partition coefficient (Wildman–Crippen LogP) is 2.48. The van der Waals surface area contributed by atoms with Gasteiger partial charge in [0.2, 0.25) is 0 Å². The van der Waals surface area contributed by atoms with Gasteiger partial charge in [-0.15, -0.1) is 0 Å². The topological polar surface area (TPSA) is 23.8 Å². The molecule has 5 aliphatic rings. The van der Waals surface area contributed by atoms with Gasteiger partial charge in [-0.1, -0.05) is 0 Å². The molecule has 0 heterocycles. The molecule has 2 spiro atoms. The van der Waals surface area contributed by atoms with Crippen LogP contribution in [0.3, 0.4) is 0 Å². The Balaban J connectivity index is 1.91. The van der Waals surface area contributed by atoms with Gasteiger partial charge < -0.3 is 0 Å². The van der Waals surface area contributed by atoms with Crippen LogP contribution in [0.2, 0.25) is 0 Å². The molecular formula is C11H13N. The second kappa shape index (κ2) is 1.25. The minimum Gasteiger partial charge on any atom is -0.198 e. The van der Waals surface area contributed by atoms with Crippen LogP contribution in [-0.4, -0.2) is 0 Å². The van der Waals surface area contributed by atoms with E-state index in [2.05, 4.69) is 6.07 Å². The SMILES string of the molecule is N#CC12CC3C[C@]4(C1)C[C@@]4(C3)C2. The molecule has 0 saturated heterocycles. The van der Waals surface area contributed by atoms with E-state index in [-0.39, 0.29) is 5.41 Å². The minimum atomic E-state index is 0.166. The lowest BCUT2D eigenvalue weighted by Crippen LogP contribution is -2.30. The monoisotopic (exact) mass is 159 g/mol. The van der Waals surface area contributed by atoms with Crippen molar-refractivity contribution < 1.29 is 0 Å². The molecule has 62 valence electrons. The van der Waals surface area contributed by atoms with E-state index < -0.39 is 0 Å². The Kier molecular flexibility index (Phi) is 0.627. The van der Waals surface area contributed by atoms with Crippen LogP contribution in [-0.2, 0) is 0 Å². The number of nitriles is 1. The first-order chi connectivity index (χ1) is 5.72. The Labute approximate surface area is 72.8 Å². The van der Waals surface area contributed by atoms with E-state index in [4.69, 9.17) is 0 Å². The lowest BCUT2D eigenvalue weighted by molar-refractivity contribution is 0.140. The standard InChI is InChI=1S/C11H13N/c12-7-9-1-8-2-10(4-9)6-11(10,3-8)5-9/h8H,1-6H2/t8?,9?,10-,11+. The van der Waals surface area contributed by atoms with Gasteiger partial charge >= 0.3 is 0 Å². The highest BCUT2D eigenvalue weighted by molar-refractivity contribution is 5.34. The average Bonchev–Trinajstić information content (AvgIpc) is 2.39. The molecule has 0 N–H and O–H groups in total. The molecule has 0 aromatic carbocycles. The molecule has 5 fully saturated rings. The largest absolute Gasteiger partial charge is 0.198 e. The van der Waals surface area contributed by atoms with E-state index in [1.54, 1.807) is 0 Å². The van der Waals surface area contributed by atoms with Crippen molar-refractivity contribution in [1.82, 2.24) is 0 Å². The van der Waals surface area contributed by atoms with Crippen molar-refractivity contribution in [2.45, 2.75) is 38.5 Å². The second-order valence-electron chi connectivity index (χ2n) is 5.96. The quantitative estimate of drug-likeness (QED) is 0.532. The van der Waals surface area contributed by atoms with Gasteiger partial charge in [0.15, 0.2) is 0 Å². The molecule has 5 saturated carbocycles. The van der Waals surface area contributed by atoms with Gasteiger partial charge in [0.1, 0.15) is 0 Å². The lowest BCUT2D eigenvalue weighted by atomic mass is 9.64. The van der Waals surface area contributed by atoms with Crippen LogP contribution in [0.25, 0.3) is 0 Å². The fraction of sp³-hybridized carbons (Fsp3) is 0.909. The van der Waals surface area contributed by atoms with Gasteiger partial charge in [-0.2, -0.15) is 5.26 Å². The molecule has 0 aromatic rings. The van der Waals surface area contributed by atoms with E-state index in [1.165, 1.54) is 38.5 Å². The van der Waals surface area contributed by atoms with Gasteiger partial charge in [0.05, 0.1) is 11.5 Å². The summed E-state index contributed by atoms with van der Waals surface area (Å²) in [5.41, 5.74) is 1.59. The Morgan fingerprint density at radius 3 is 2.17 bits per heavy atom. The highest BCUT2D eigenvalue weighted by Gasteiger charge is 2.81. The first-order valence-electron chi connectivity index (χ1n) is 5.13. The predicted molar refractivity (Wildman–Crippen MR) is 44.1 cm³/mol. The molecule has 12 heavy (non-hydrogen) atoms. The maximum atomic E-state index is 9.19. The third-order valence-corrected chi connectivity index (χ3v) is 5.31. The van der Waals surface area contributed by atoms with Crippen LogP contribution in [0.1, 0.15) is 38.5 Å². The molecule has 0 amide bonds. The first-order valence-corrected chi connectivity index (χ1v) is 5.13. The zero-order valence-corrected chi connectivity index (χ0v) is 7.27. The molecule has 4 bridgehead atoms. The smallest absolute Gasteiger partial charge is 0.0690 e. The van der Waals surface area contributed by atoms with Gasteiger partial charge in [-0.05, 0) is 55.3 Å². The summed E-state index contributed by atoms with van der Waals surface area (Å²) in [6.07, 6.45) is 8.24. The van der Waals surface area contributed by atoms with Crippen LogP contribution in [0.5, 0.6) is 0 Å². The summed E-state index contributed by atoms with van der Waals surface area (Å²) in [6, 6.07) is 2.62. The zero-order chi connectivity index (χ0) is 8.03. The van der Waals surface area contributed by atoms with Gasteiger partial charge in [-0.25, -0.2) is 0 Å². The molecule has 0 aliphatic heterocycles. The molecule has 1 heteroatoms. The van der Waals surface area contributed by atoms with Crippen LogP contribution >= 0.6 is 0 Å². The number of nitrogens with zero attached hydrogens (tertiary/aromatic N) is 1. The molecule has 5 aliphatic carbocycles. The summed E-state index contributed by atoms with van der Waals surface area (Å²) in [6.45, 7) is 0. The van der Waals surface area contributed by atoms with Crippen molar-refractivity contribution in [3.05, 3.63) is 0 Å². The third kappa shape index (κ3) is 0.379. The van der Waals surface area contributed by atoms with E-state index in [0.717, 1.165) is 5.92 Å². The van der Waals surface area contributed by atoms with Crippen molar-refractivity contribution in [2.75, 3.05) is 0 Å². The van der Waals surface area contributed by atoms with Crippen LogP contribution in [0.4, 0.5) is 0 Å².